The van der Waals surface area contributed by atoms with Crippen LogP contribution in [0.3, 0.4) is 0 Å². The zero-order valence-electron chi connectivity index (χ0n) is 33.3. The largest absolute Gasteiger partial charge is 0 e. The Morgan fingerprint density at radius 1 is 0.600 bits per heavy atom. The van der Waals surface area contributed by atoms with E-state index in [1.54, 1.807) is 0 Å². The molecule has 0 saturated carbocycles. The minimum Gasteiger partial charge on any atom is 0 e. The molecule has 292 valence electrons. The van der Waals surface area contributed by atoms with E-state index >= 15 is 0 Å². The van der Waals surface area contributed by atoms with Crippen molar-refractivity contribution in [2.75, 3.05) is 0 Å². The molecule has 4 aromatic heterocycles. The molecule has 0 aliphatic carbocycles. The number of nitrogens with zero attached hydrogens (tertiary/aromatic N) is 4. The summed E-state index contributed by atoms with van der Waals surface area (Å²) >= 11 is -0.822. The van der Waals surface area contributed by atoms with E-state index in [4.69, 9.17) is 4.98 Å². The van der Waals surface area contributed by atoms with Crippen LogP contribution in [0, 0.1) is 18.5 Å². The summed E-state index contributed by atoms with van der Waals surface area (Å²) in [5.74, 6) is 0.906. The zero-order chi connectivity index (χ0) is 39.7. The van der Waals surface area contributed by atoms with E-state index in [2.05, 4.69) is 223 Å². The summed E-state index contributed by atoms with van der Waals surface area (Å²) in [6.45, 7) is 6.75. The van der Waals surface area contributed by atoms with E-state index in [1.807, 2.05) is 6.20 Å². The van der Waals surface area contributed by atoms with Crippen LogP contribution in [0.1, 0.15) is 26.3 Å². The Morgan fingerprint density at radius 2 is 1.25 bits per heavy atom. The number of fused-ring (bicyclic) bond motifs is 5. The van der Waals surface area contributed by atoms with Crippen LogP contribution in [0.25, 0.3) is 90.2 Å². The van der Waals surface area contributed by atoms with E-state index in [-0.39, 0.29) is 26.5 Å². The summed E-state index contributed by atoms with van der Waals surface area (Å²) in [7, 11) is 0. The van der Waals surface area contributed by atoms with Gasteiger partial charge in [-0.25, -0.2) is 0 Å². The molecule has 6 heteroatoms. The van der Waals surface area contributed by atoms with E-state index in [0.29, 0.717) is 0 Å². The molecule has 0 spiro atoms. The van der Waals surface area contributed by atoms with Crippen LogP contribution in [-0.4, -0.2) is 34.5 Å². The van der Waals surface area contributed by atoms with Crippen LogP contribution >= 0.6 is 0 Å². The normalized spacial score (nSPS) is 11.8. The molecule has 4 heterocycles. The standard InChI is InChI=1S/C54H38N4Te.Pt/c1-54(2,3)39-30-31-55-51(33-39)58-46-24-11-10-20-43(46)44-29-28-38(32-49(44)58)40-21-15-27-50-45(40)34-52(59-50)56-35-57(48-26-13-12-25-47(48)56)53-41(36-16-6-4-7-17-36)22-14-23-42(53)37-18-8-5-9-19-37;/h4-31,33H,1-3H3;/q-2;. The number of rotatable bonds is 6. The molecule has 0 unspecified atom stereocenters. The van der Waals surface area contributed by atoms with E-state index in [0.717, 1.165) is 66.6 Å². The number of para-hydroxylation sites is 4. The summed E-state index contributed by atoms with van der Waals surface area (Å²) in [6, 6.07) is 68.7. The van der Waals surface area contributed by atoms with Gasteiger partial charge in [0.1, 0.15) is 0 Å². The van der Waals surface area contributed by atoms with Crippen molar-refractivity contribution in [2.45, 2.75) is 26.2 Å². The third kappa shape index (κ3) is 6.48. The molecule has 0 fully saturated rings. The second-order valence-corrected chi connectivity index (χ2v) is 19.0. The van der Waals surface area contributed by atoms with E-state index in [9.17, 15) is 0 Å². The molecule has 0 saturated heterocycles. The second-order valence-electron chi connectivity index (χ2n) is 16.0. The van der Waals surface area contributed by atoms with Gasteiger partial charge in [0.05, 0.1) is 0 Å². The molecule has 11 rings (SSSR count). The maximum atomic E-state index is 4.92. The summed E-state index contributed by atoms with van der Waals surface area (Å²) < 4.78 is 9.38. The molecule has 11 aromatic rings. The Kier molecular flexibility index (Phi) is 9.81. The fourth-order valence-corrected chi connectivity index (χ4v) is 11.3. The van der Waals surface area contributed by atoms with Gasteiger partial charge in [0.2, 0.25) is 0 Å². The first-order valence-corrected chi connectivity index (χ1v) is 22.3. The molecule has 4 nitrogen and oxygen atoms in total. The van der Waals surface area contributed by atoms with Gasteiger partial charge >= 0.3 is 356 Å². The van der Waals surface area contributed by atoms with Crippen molar-refractivity contribution in [1.82, 2.24) is 14.1 Å². The molecule has 0 N–H and O–H groups in total. The van der Waals surface area contributed by atoms with Gasteiger partial charge in [-0.15, -0.1) is 0 Å². The predicted molar refractivity (Wildman–Crippen MR) is 243 cm³/mol. The van der Waals surface area contributed by atoms with Crippen LogP contribution in [0.5, 0.6) is 0 Å². The minimum atomic E-state index is -0.822. The SMILES string of the molecule is CC(C)(C)c1ccnc(-n2c3[c-]c(-c4cccc5[te]c(-n6[c-][n+](-c7c(-c8ccccc8)cccc7-c7ccccc7)c7ccccc76)[c-]c45)ccc3c3ccccc32)c1.[Pt]. The number of hydrogen-bond donors (Lipinski definition) is 0. The van der Waals surface area contributed by atoms with Gasteiger partial charge in [0, 0.05) is 21.1 Å². The van der Waals surface area contributed by atoms with Crippen molar-refractivity contribution in [3.63, 3.8) is 0 Å². The third-order valence-electron chi connectivity index (χ3n) is 11.4. The number of pyridine rings is 1. The Labute approximate surface area is 373 Å². The first-order valence-electron chi connectivity index (χ1n) is 20.0. The topological polar surface area (TPSA) is 26.6 Å². The zero-order valence-corrected chi connectivity index (χ0v) is 37.9. The minimum absolute atomic E-state index is 0. The Morgan fingerprint density at radius 3 is 1.98 bits per heavy atom. The number of aromatic nitrogens is 4. The van der Waals surface area contributed by atoms with Crippen molar-refractivity contribution < 1.29 is 25.6 Å². The fraction of sp³-hybridized carbons (Fsp3) is 0.0741. The molecular formula is C54H38N4PtTe-2. The van der Waals surface area contributed by atoms with Gasteiger partial charge in [-0.05, 0) is 0 Å². The van der Waals surface area contributed by atoms with Gasteiger partial charge in [-0.3, -0.25) is 0 Å². The summed E-state index contributed by atoms with van der Waals surface area (Å²) in [5, 5.41) is 3.51. The average Bonchev–Trinajstić information content (AvgIpc) is 3.98. The monoisotopic (exact) mass is 1070 g/mol. The summed E-state index contributed by atoms with van der Waals surface area (Å²) in [6.07, 6.45) is 5.83. The quantitative estimate of drug-likeness (QED) is 0.0926. The maximum Gasteiger partial charge on any atom is 0 e. The van der Waals surface area contributed by atoms with Gasteiger partial charge in [-0.1, -0.05) is 0 Å². The number of benzene rings is 7. The summed E-state index contributed by atoms with van der Waals surface area (Å²) in [4.78, 5) is 4.92. The van der Waals surface area contributed by atoms with E-state index < -0.39 is 20.4 Å². The number of imidazole rings is 1. The van der Waals surface area contributed by atoms with Crippen LogP contribution in [0.15, 0.2) is 176 Å². The fourth-order valence-electron chi connectivity index (χ4n) is 8.46. The van der Waals surface area contributed by atoms with Crippen molar-refractivity contribution in [2.24, 2.45) is 0 Å². The molecule has 0 atom stereocenters. The molecule has 0 bridgehead atoms. The molecule has 60 heavy (non-hydrogen) atoms. The van der Waals surface area contributed by atoms with Gasteiger partial charge < -0.3 is 0 Å². The Bertz CT molecular complexity index is 3310. The summed E-state index contributed by atoms with van der Waals surface area (Å²) in [5.41, 5.74) is 13.6. The molecule has 0 aliphatic rings. The van der Waals surface area contributed by atoms with Gasteiger partial charge in [-0.2, -0.15) is 0 Å². The van der Waals surface area contributed by atoms with Crippen LogP contribution in [0.4, 0.5) is 0 Å². The van der Waals surface area contributed by atoms with Gasteiger partial charge in [0.15, 0.2) is 0 Å². The Balaban J connectivity index is 0.00000433. The van der Waals surface area contributed by atoms with Crippen LogP contribution in [0.2, 0.25) is 0 Å². The third-order valence-corrected chi connectivity index (χ3v) is 14.3. The van der Waals surface area contributed by atoms with Crippen molar-refractivity contribution >= 4 is 62.1 Å². The molecule has 0 radical (unpaired) electrons. The van der Waals surface area contributed by atoms with Crippen molar-refractivity contribution in [1.29, 1.82) is 0 Å². The Hall–Kier alpha value is -5.82. The maximum absolute atomic E-state index is 4.92. The van der Waals surface area contributed by atoms with Crippen molar-refractivity contribution in [3.8, 4) is 48.6 Å². The first-order chi connectivity index (χ1) is 28.9. The average molecular weight is 1070 g/mol. The molecular weight excluding hydrogens is 1030 g/mol. The molecule has 0 amide bonds. The second kappa shape index (κ2) is 15.3. The first kappa shape index (κ1) is 38.4. The van der Waals surface area contributed by atoms with Crippen LogP contribution in [-0.2, 0) is 26.5 Å². The smallest absolute Gasteiger partial charge is 0 e. The van der Waals surface area contributed by atoms with Gasteiger partial charge in [0.25, 0.3) is 0 Å². The van der Waals surface area contributed by atoms with E-state index in [1.165, 1.54) is 29.2 Å². The number of hydrogen-bond acceptors (Lipinski definition) is 1. The molecule has 7 aromatic carbocycles. The van der Waals surface area contributed by atoms with Crippen LogP contribution < -0.4 is 4.57 Å². The predicted octanol–water partition coefficient (Wildman–Crippen LogP) is 12.3. The van der Waals surface area contributed by atoms with Crippen molar-refractivity contribution in [3.05, 3.63) is 200 Å². The molecule has 0 aliphatic heterocycles.